The number of carbonyl (C=O) groups is 1. The third-order valence-corrected chi connectivity index (χ3v) is 6.70. The zero-order chi connectivity index (χ0) is 21.6. The van der Waals surface area contributed by atoms with Crippen LogP contribution in [-0.2, 0) is 11.3 Å². The van der Waals surface area contributed by atoms with E-state index in [2.05, 4.69) is 36.1 Å². The number of carbonyl (C=O) groups excluding carboxylic acids is 1. The maximum atomic E-state index is 12.6. The molecule has 31 heavy (non-hydrogen) atoms. The van der Waals surface area contributed by atoms with Crippen LogP contribution >= 0.6 is 22.9 Å². The maximum absolute atomic E-state index is 12.6. The molecule has 1 fully saturated rings. The number of aryl methyl sites for hydroxylation is 1. The van der Waals surface area contributed by atoms with E-state index in [0.29, 0.717) is 6.61 Å². The highest BCUT2D eigenvalue weighted by Gasteiger charge is 2.25. The summed E-state index contributed by atoms with van der Waals surface area (Å²) in [6.45, 7) is 6.60. The van der Waals surface area contributed by atoms with Crippen LogP contribution in [0.2, 0.25) is 5.02 Å². The van der Waals surface area contributed by atoms with Crippen LogP contribution in [0, 0.1) is 6.92 Å². The summed E-state index contributed by atoms with van der Waals surface area (Å²) in [5.74, 6) is 0.139. The van der Waals surface area contributed by atoms with Crippen LogP contribution in [0.5, 0.6) is 0 Å². The second-order valence-electron chi connectivity index (χ2n) is 7.91. The zero-order valence-corrected chi connectivity index (χ0v) is 19.2. The molecule has 1 aliphatic rings. The number of halogens is 1. The average Bonchev–Trinajstić information content (AvgIpc) is 3.32. The molecule has 0 bridgehead atoms. The van der Waals surface area contributed by atoms with Crippen LogP contribution in [0.3, 0.4) is 0 Å². The molecular formula is C25H27ClN2O2S. The summed E-state index contributed by atoms with van der Waals surface area (Å²) in [7, 11) is 0. The summed E-state index contributed by atoms with van der Waals surface area (Å²) >= 11 is 7.60. The highest BCUT2D eigenvalue weighted by Crippen LogP contribution is 2.24. The molecule has 0 aliphatic carbocycles. The van der Waals surface area contributed by atoms with Gasteiger partial charge in [0.2, 0.25) is 0 Å². The Morgan fingerprint density at radius 1 is 1.06 bits per heavy atom. The Hall–Kier alpha value is -2.18. The molecule has 1 aromatic heterocycles. The topological polar surface area (TPSA) is 32.8 Å². The first-order valence-corrected chi connectivity index (χ1v) is 11.8. The minimum atomic E-state index is -0.0580. The number of hydrogen-bond acceptors (Lipinski definition) is 4. The minimum Gasteiger partial charge on any atom is -0.368 e. The number of thiophene rings is 1. The molecule has 0 saturated carbocycles. The Labute approximate surface area is 193 Å². The van der Waals surface area contributed by atoms with Crippen LogP contribution in [0.25, 0.3) is 0 Å². The van der Waals surface area contributed by atoms with Crippen LogP contribution in [0.4, 0.5) is 0 Å². The van der Waals surface area contributed by atoms with Gasteiger partial charge in [0.15, 0.2) is 0 Å². The van der Waals surface area contributed by atoms with E-state index in [0.717, 1.165) is 48.2 Å². The molecule has 4 rings (SSSR count). The monoisotopic (exact) mass is 454 g/mol. The quantitative estimate of drug-likeness (QED) is 0.477. The molecule has 1 atom stereocenters. The molecule has 0 radical (unpaired) electrons. The second-order valence-corrected chi connectivity index (χ2v) is 9.29. The molecule has 3 aromatic rings. The summed E-state index contributed by atoms with van der Waals surface area (Å²) in [6, 6.07) is 20.2. The summed E-state index contributed by atoms with van der Waals surface area (Å²) in [5, 5.41) is 2.67. The first kappa shape index (κ1) is 22.0. The van der Waals surface area contributed by atoms with Crippen molar-refractivity contribution in [2.45, 2.75) is 19.6 Å². The Morgan fingerprint density at radius 2 is 1.84 bits per heavy atom. The van der Waals surface area contributed by atoms with E-state index in [1.165, 1.54) is 22.5 Å². The van der Waals surface area contributed by atoms with E-state index in [1.54, 1.807) is 0 Å². The normalized spacial score (nSPS) is 15.7. The lowest BCUT2D eigenvalue weighted by molar-refractivity contribution is 0.00346. The molecule has 0 spiro atoms. The van der Waals surface area contributed by atoms with Crippen molar-refractivity contribution < 1.29 is 9.53 Å². The van der Waals surface area contributed by atoms with Gasteiger partial charge in [0.05, 0.1) is 17.6 Å². The van der Waals surface area contributed by atoms with Crippen molar-refractivity contribution in [3.63, 3.8) is 0 Å². The number of hydrogen-bond donors (Lipinski definition) is 0. The van der Waals surface area contributed by atoms with Gasteiger partial charge in [0.25, 0.3) is 5.91 Å². The molecule has 162 valence electrons. The van der Waals surface area contributed by atoms with E-state index in [-0.39, 0.29) is 12.0 Å². The van der Waals surface area contributed by atoms with E-state index in [4.69, 9.17) is 16.3 Å². The number of ether oxygens (including phenoxy) is 1. The Balaban J connectivity index is 1.39. The fraction of sp³-hybridized carbons (Fsp3) is 0.320. The largest absolute Gasteiger partial charge is 0.368 e. The zero-order valence-electron chi connectivity index (χ0n) is 17.7. The van der Waals surface area contributed by atoms with Gasteiger partial charge in [-0.25, -0.2) is 0 Å². The van der Waals surface area contributed by atoms with Crippen molar-refractivity contribution in [2.24, 2.45) is 0 Å². The first-order chi connectivity index (χ1) is 15.1. The third kappa shape index (κ3) is 5.95. The number of piperazine rings is 1. The van der Waals surface area contributed by atoms with Crippen molar-refractivity contribution >= 4 is 28.8 Å². The van der Waals surface area contributed by atoms with Gasteiger partial charge in [0, 0.05) is 37.7 Å². The molecule has 1 amide bonds. The van der Waals surface area contributed by atoms with Crippen molar-refractivity contribution in [1.29, 1.82) is 0 Å². The summed E-state index contributed by atoms with van der Waals surface area (Å²) in [4.78, 5) is 17.8. The second kappa shape index (κ2) is 10.4. The van der Waals surface area contributed by atoms with E-state index < -0.39 is 0 Å². The maximum Gasteiger partial charge on any atom is 0.264 e. The van der Waals surface area contributed by atoms with Gasteiger partial charge in [-0.1, -0.05) is 59.6 Å². The van der Waals surface area contributed by atoms with E-state index >= 15 is 0 Å². The fourth-order valence-corrected chi connectivity index (χ4v) is 4.67. The molecule has 0 N–H and O–H groups in total. The van der Waals surface area contributed by atoms with Crippen molar-refractivity contribution in [3.05, 3.63) is 92.6 Å². The third-order valence-electron chi connectivity index (χ3n) is 5.59. The van der Waals surface area contributed by atoms with Crippen molar-refractivity contribution in [3.8, 4) is 0 Å². The molecule has 1 aliphatic heterocycles. The lowest BCUT2D eigenvalue weighted by atomic mass is 10.1. The molecule has 2 aromatic carbocycles. The molecule has 1 saturated heterocycles. The Bertz CT molecular complexity index is 983. The predicted octanol–water partition coefficient (Wildman–Crippen LogP) is 5.43. The number of nitrogens with zero attached hydrogens (tertiary/aromatic N) is 2. The van der Waals surface area contributed by atoms with Crippen LogP contribution in [0.15, 0.2) is 66.0 Å². The Kier molecular flexibility index (Phi) is 7.41. The molecule has 4 nitrogen and oxygen atoms in total. The molecule has 6 heteroatoms. The average molecular weight is 455 g/mol. The van der Waals surface area contributed by atoms with Gasteiger partial charge in [-0.3, -0.25) is 9.69 Å². The van der Waals surface area contributed by atoms with Gasteiger partial charge in [0.1, 0.15) is 0 Å². The highest BCUT2D eigenvalue weighted by molar-refractivity contribution is 7.12. The number of rotatable bonds is 7. The minimum absolute atomic E-state index is 0.0580. The smallest absolute Gasteiger partial charge is 0.264 e. The molecular weight excluding hydrogens is 428 g/mol. The molecule has 2 heterocycles. The Morgan fingerprint density at radius 3 is 2.52 bits per heavy atom. The standard InChI is InChI=1S/C25H27ClN2O2S/c1-19-4-2-5-20(16-19)18-30-23(21-7-9-22(26)10-8-21)17-27-11-13-28(14-12-27)25(29)24-6-3-15-31-24/h2-10,15-16,23H,11-14,17-18H2,1H3/t23-/m1/s1. The van der Waals surface area contributed by atoms with Gasteiger partial charge in [-0.05, 0) is 41.6 Å². The van der Waals surface area contributed by atoms with Crippen LogP contribution in [-0.4, -0.2) is 48.4 Å². The first-order valence-electron chi connectivity index (χ1n) is 10.6. The molecule has 0 unspecified atom stereocenters. The SMILES string of the molecule is Cc1cccc(CO[C@H](CN2CCN(C(=O)c3cccs3)CC2)c2ccc(Cl)cc2)c1. The summed E-state index contributed by atoms with van der Waals surface area (Å²) < 4.78 is 6.38. The van der Waals surface area contributed by atoms with Crippen molar-refractivity contribution in [2.75, 3.05) is 32.7 Å². The van der Waals surface area contributed by atoms with E-state index in [1.807, 2.05) is 46.7 Å². The lowest BCUT2D eigenvalue weighted by Crippen LogP contribution is -2.49. The van der Waals surface area contributed by atoms with E-state index in [9.17, 15) is 4.79 Å². The number of amides is 1. The number of benzene rings is 2. The summed E-state index contributed by atoms with van der Waals surface area (Å²) in [5.41, 5.74) is 3.52. The highest BCUT2D eigenvalue weighted by atomic mass is 35.5. The van der Waals surface area contributed by atoms with Gasteiger partial charge in [-0.15, -0.1) is 11.3 Å². The van der Waals surface area contributed by atoms with Crippen LogP contribution < -0.4 is 0 Å². The van der Waals surface area contributed by atoms with Gasteiger partial charge in [-0.2, -0.15) is 0 Å². The van der Waals surface area contributed by atoms with Crippen molar-refractivity contribution in [1.82, 2.24) is 9.80 Å². The lowest BCUT2D eigenvalue weighted by Gasteiger charge is -2.36. The summed E-state index contributed by atoms with van der Waals surface area (Å²) in [6.07, 6.45) is -0.0580. The van der Waals surface area contributed by atoms with Gasteiger partial charge < -0.3 is 9.64 Å². The van der Waals surface area contributed by atoms with Crippen LogP contribution in [0.1, 0.15) is 32.5 Å². The van der Waals surface area contributed by atoms with Gasteiger partial charge >= 0.3 is 0 Å². The predicted molar refractivity (Wildman–Crippen MR) is 127 cm³/mol. The fourth-order valence-electron chi connectivity index (χ4n) is 3.85.